The molecule has 2 fully saturated rings. The van der Waals surface area contributed by atoms with Crippen LogP contribution in [0.3, 0.4) is 0 Å². The largest absolute Gasteiger partial charge is 0.374 e. The Labute approximate surface area is 127 Å². The number of nitrogens with zero attached hydrogens (tertiary/aromatic N) is 1. The fraction of sp³-hybridized carbons (Fsp3) is 0.611. The molecule has 0 N–H and O–H groups in total. The summed E-state index contributed by atoms with van der Waals surface area (Å²) in [6, 6.07) is 10.8. The predicted molar refractivity (Wildman–Crippen MR) is 83.1 cm³/mol. The molecule has 1 aromatic rings. The second kappa shape index (κ2) is 7.08. The lowest BCUT2D eigenvalue weighted by Gasteiger charge is -2.43. The van der Waals surface area contributed by atoms with Gasteiger partial charge in [-0.2, -0.15) is 0 Å². The van der Waals surface area contributed by atoms with E-state index in [-0.39, 0.29) is 0 Å². The first-order valence-electron chi connectivity index (χ1n) is 8.29. The standard InChI is InChI=1S/C18H25NO2/c20-18(12-6-9-15-7-2-1-3-8-15)19-13-14-21-17-11-5-4-10-16(17)19/h1-3,7-8,16-17H,4-6,9-14H2. The number of ether oxygens (including phenoxy) is 1. The van der Waals surface area contributed by atoms with Crippen LogP contribution in [0.2, 0.25) is 0 Å². The first-order chi connectivity index (χ1) is 10.3. The third-order valence-corrected chi connectivity index (χ3v) is 4.75. The van der Waals surface area contributed by atoms with Crippen LogP contribution in [-0.4, -0.2) is 36.1 Å². The van der Waals surface area contributed by atoms with Crippen molar-refractivity contribution in [3.63, 3.8) is 0 Å². The van der Waals surface area contributed by atoms with Gasteiger partial charge in [0.05, 0.1) is 18.8 Å². The quantitative estimate of drug-likeness (QED) is 0.851. The van der Waals surface area contributed by atoms with Crippen LogP contribution in [0, 0.1) is 0 Å². The molecular weight excluding hydrogens is 262 g/mol. The molecule has 1 aromatic carbocycles. The highest BCUT2D eigenvalue weighted by Gasteiger charge is 2.36. The smallest absolute Gasteiger partial charge is 0.222 e. The lowest BCUT2D eigenvalue weighted by atomic mass is 9.90. The fourth-order valence-electron chi connectivity index (χ4n) is 3.64. The number of rotatable bonds is 4. The molecule has 3 heteroatoms. The number of fused-ring (bicyclic) bond motifs is 1. The van der Waals surface area contributed by atoms with Crippen molar-refractivity contribution in [2.75, 3.05) is 13.2 Å². The molecule has 1 saturated carbocycles. The van der Waals surface area contributed by atoms with E-state index in [4.69, 9.17) is 4.74 Å². The first-order valence-corrected chi connectivity index (χ1v) is 8.29. The molecule has 2 unspecified atom stereocenters. The summed E-state index contributed by atoms with van der Waals surface area (Å²) in [5, 5.41) is 0. The summed E-state index contributed by atoms with van der Waals surface area (Å²) in [6.45, 7) is 1.50. The van der Waals surface area contributed by atoms with Crippen LogP contribution in [-0.2, 0) is 16.0 Å². The van der Waals surface area contributed by atoms with Gasteiger partial charge in [0.15, 0.2) is 0 Å². The van der Waals surface area contributed by atoms with Crippen molar-refractivity contribution in [2.24, 2.45) is 0 Å². The Morgan fingerprint density at radius 2 is 2.00 bits per heavy atom. The van der Waals surface area contributed by atoms with E-state index >= 15 is 0 Å². The van der Waals surface area contributed by atoms with Crippen molar-refractivity contribution in [3.8, 4) is 0 Å². The Balaban J connectivity index is 1.50. The van der Waals surface area contributed by atoms with Gasteiger partial charge in [0.1, 0.15) is 0 Å². The summed E-state index contributed by atoms with van der Waals surface area (Å²) in [5.74, 6) is 0.325. The van der Waals surface area contributed by atoms with Crippen LogP contribution in [0.1, 0.15) is 44.1 Å². The molecule has 0 radical (unpaired) electrons. The Kier molecular flexibility index (Phi) is 4.91. The average Bonchev–Trinajstić information content (AvgIpc) is 2.55. The van der Waals surface area contributed by atoms with Crippen molar-refractivity contribution in [1.29, 1.82) is 0 Å². The first kappa shape index (κ1) is 14.6. The number of carbonyl (C=O) groups excluding carboxylic acids is 1. The van der Waals surface area contributed by atoms with Crippen LogP contribution in [0.25, 0.3) is 0 Å². The number of hydrogen-bond donors (Lipinski definition) is 0. The van der Waals surface area contributed by atoms with Gasteiger partial charge in [-0.05, 0) is 31.2 Å². The SMILES string of the molecule is O=C(CCCc1ccccc1)N1CCOC2CCCCC21. The van der Waals surface area contributed by atoms with Crippen LogP contribution in [0.15, 0.2) is 30.3 Å². The molecule has 1 heterocycles. The van der Waals surface area contributed by atoms with Crippen LogP contribution >= 0.6 is 0 Å². The van der Waals surface area contributed by atoms with E-state index < -0.39 is 0 Å². The highest BCUT2D eigenvalue weighted by atomic mass is 16.5. The van der Waals surface area contributed by atoms with Crippen molar-refractivity contribution in [2.45, 2.75) is 57.1 Å². The van der Waals surface area contributed by atoms with Gasteiger partial charge in [0, 0.05) is 13.0 Å². The zero-order chi connectivity index (χ0) is 14.5. The van der Waals surface area contributed by atoms with Gasteiger partial charge in [-0.3, -0.25) is 4.79 Å². The second-order valence-electron chi connectivity index (χ2n) is 6.19. The molecule has 3 rings (SSSR count). The molecule has 21 heavy (non-hydrogen) atoms. The maximum Gasteiger partial charge on any atom is 0.222 e. The third kappa shape index (κ3) is 3.65. The molecular formula is C18H25NO2. The number of morpholine rings is 1. The maximum atomic E-state index is 12.5. The Morgan fingerprint density at radius 1 is 1.19 bits per heavy atom. The summed E-state index contributed by atoms with van der Waals surface area (Å²) in [6.07, 6.45) is 7.62. The Morgan fingerprint density at radius 3 is 2.86 bits per heavy atom. The third-order valence-electron chi connectivity index (χ3n) is 4.75. The van der Waals surface area contributed by atoms with Gasteiger partial charge in [-0.1, -0.05) is 43.2 Å². The van der Waals surface area contributed by atoms with Crippen molar-refractivity contribution in [1.82, 2.24) is 4.90 Å². The van der Waals surface area contributed by atoms with Crippen LogP contribution in [0.4, 0.5) is 0 Å². The van der Waals surface area contributed by atoms with E-state index in [1.54, 1.807) is 0 Å². The van der Waals surface area contributed by atoms with Gasteiger partial charge < -0.3 is 9.64 Å². The highest BCUT2D eigenvalue weighted by Crippen LogP contribution is 2.29. The minimum atomic E-state index is 0.297. The summed E-state index contributed by atoms with van der Waals surface area (Å²) in [5.41, 5.74) is 1.32. The molecule has 3 nitrogen and oxygen atoms in total. The normalized spacial score (nSPS) is 25.4. The number of benzene rings is 1. The molecule has 1 aliphatic carbocycles. The zero-order valence-corrected chi connectivity index (χ0v) is 12.7. The second-order valence-corrected chi connectivity index (χ2v) is 6.19. The minimum absolute atomic E-state index is 0.297. The molecule has 1 aliphatic heterocycles. The van der Waals surface area contributed by atoms with E-state index in [2.05, 4.69) is 29.2 Å². The molecule has 114 valence electrons. The molecule has 2 atom stereocenters. The lowest BCUT2D eigenvalue weighted by molar-refractivity contribution is -0.149. The average molecular weight is 287 g/mol. The fourth-order valence-corrected chi connectivity index (χ4v) is 3.64. The zero-order valence-electron chi connectivity index (χ0n) is 12.7. The minimum Gasteiger partial charge on any atom is -0.374 e. The Hall–Kier alpha value is -1.35. The van der Waals surface area contributed by atoms with Crippen molar-refractivity contribution >= 4 is 5.91 Å². The monoisotopic (exact) mass is 287 g/mol. The van der Waals surface area contributed by atoms with E-state index in [1.807, 2.05) is 6.07 Å². The number of carbonyl (C=O) groups is 1. The van der Waals surface area contributed by atoms with E-state index in [1.165, 1.54) is 18.4 Å². The van der Waals surface area contributed by atoms with Gasteiger partial charge in [0.25, 0.3) is 0 Å². The molecule has 1 saturated heterocycles. The molecule has 0 spiro atoms. The van der Waals surface area contributed by atoms with Gasteiger partial charge in [-0.15, -0.1) is 0 Å². The predicted octanol–water partition coefficient (Wildman–Crippen LogP) is 3.18. The summed E-state index contributed by atoms with van der Waals surface area (Å²) in [4.78, 5) is 14.6. The van der Waals surface area contributed by atoms with Crippen molar-refractivity contribution in [3.05, 3.63) is 35.9 Å². The summed E-state index contributed by atoms with van der Waals surface area (Å²) < 4.78 is 5.84. The summed E-state index contributed by atoms with van der Waals surface area (Å²) in [7, 11) is 0. The highest BCUT2D eigenvalue weighted by molar-refractivity contribution is 5.76. The number of aryl methyl sites for hydroxylation is 1. The molecule has 1 amide bonds. The molecule has 0 bridgehead atoms. The summed E-state index contributed by atoms with van der Waals surface area (Å²) >= 11 is 0. The molecule has 2 aliphatic rings. The van der Waals surface area contributed by atoms with Crippen molar-refractivity contribution < 1.29 is 9.53 Å². The number of hydrogen-bond acceptors (Lipinski definition) is 2. The lowest BCUT2D eigenvalue weighted by Crippen LogP contribution is -2.54. The van der Waals surface area contributed by atoms with Crippen LogP contribution < -0.4 is 0 Å². The number of amides is 1. The van der Waals surface area contributed by atoms with Crippen LogP contribution in [0.5, 0.6) is 0 Å². The van der Waals surface area contributed by atoms with Gasteiger partial charge in [0.2, 0.25) is 5.91 Å². The molecule has 0 aromatic heterocycles. The van der Waals surface area contributed by atoms with E-state index in [9.17, 15) is 4.79 Å². The van der Waals surface area contributed by atoms with Gasteiger partial charge >= 0.3 is 0 Å². The topological polar surface area (TPSA) is 29.5 Å². The Bertz CT molecular complexity index is 458. The van der Waals surface area contributed by atoms with E-state index in [0.717, 1.165) is 32.2 Å². The maximum absolute atomic E-state index is 12.5. The van der Waals surface area contributed by atoms with Gasteiger partial charge in [-0.25, -0.2) is 0 Å². The van der Waals surface area contributed by atoms with E-state index in [0.29, 0.717) is 31.1 Å².